The van der Waals surface area contributed by atoms with E-state index in [2.05, 4.69) is 26.0 Å². The summed E-state index contributed by atoms with van der Waals surface area (Å²) in [6, 6.07) is -0.731. The van der Waals surface area contributed by atoms with Gasteiger partial charge in [0.25, 0.3) is 0 Å². The van der Waals surface area contributed by atoms with Crippen LogP contribution in [0.2, 0.25) is 0 Å². The topological polar surface area (TPSA) is 102 Å². The first-order valence-electron chi connectivity index (χ1n) is 18.2. The zero-order valence-corrected chi connectivity index (χ0v) is 30.4. The highest BCUT2D eigenvalue weighted by atomic mass is 16.6. The number of nitrogens with zero attached hydrogens (tertiary/aromatic N) is 1. The lowest BCUT2D eigenvalue weighted by Gasteiger charge is -2.34. The number of carboxylic acids is 1. The van der Waals surface area contributed by atoms with Crippen LogP contribution in [0.5, 0.6) is 0 Å². The molecule has 2 atom stereocenters. The first-order valence-corrected chi connectivity index (χ1v) is 18.2. The second-order valence-corrected chi connectivity index (χ2v) is 13.2. The number of aliphatic carboxylic acids is 1. The third-order valence-electron chi connectivity index (χ3n) is 7.82. The van der Waals surface area contributed by atoms with Gasteiger partial charge in [-0.05, 0) is 32.1 Å². The van der Waals surface area contributed by atoms with Crippen LogP contribution in [0, 0.1) is 0 Å². The van der Waals surface area contributed by atoms with Crippen LogP contribution in [0.25, 0.3) is 0 Å². The van der Waals surface area contributed by atoms with Crippen LogP contribution in [-0.2, 0) is 28.6 Å². The van der Waals surface area contributed by atoms with Crippen molar-refractivity contribution in [2.45, 2.75) is 142 Å². The molecule has 8 heteroatoms. The molecule has 270 valence electrons. The third-order valence-corrected chi connectivity index (χ3v) is 7.82. The summed E-state index contributed by atoms with van der Waals surface area (Å²) in [5.41, 5.74) is 0. The Morgan fingerprint density at radius 1 is 0.660 bits per heavy atom. The number of carbonyl (C=O) groups is 3. The van der Waals surface area contributed by atoms with Gasteiger partial charge in [0.05, 0.1) is 40.3 Å². The monoisotopic (exact) mass is 661 g/mol. The quantitative estimate of drug-likeness (QED) is 0.0327. The van der Waals surface area contributed by atoms with Gasteiger partial charge in [-0.15, -0.1) is 0 Å². The van der Waals surface area contributed by atoms with E-state index in [1.807, 2.05) is 36.5 Å². The molecular formula is C39H67NO7. The minimum Gasteiger partial charge on any atom is -0.544 e. The average Bonchev–Trinajstić information content (AvgIpc) is 3.01. The van der Waals surface area contributed by atoms with Crippen molar-refractivity contribution in [2.24, 2.45) is 0 Å². The molecule has 0 N–H and O–H groups in total. The normalized spacial score (nSPS) is 13.6. The summed E-state index contributed by atoms with van der Waals surface area (Å²) < 4.78 is 17.0. The van der Waals surface area contributed by atoms with Crippen LogP contribution in [-0.4, -0.2) is 75.5 Å². The number of allylic oxidation sites excluding steroid dienone is 8. The molecule has 0 aliphatic carbocycles. The van der Waals surface area contributed by atoms with Crippen LogP contribution < -0.4 is 5.11 Å². The van der Waals surface area contributed by atoms with E-state index in [9.17, 15) is 19.5 Å². The predicted molar refractivity (Wildman–Crippen MR) is 189 cm³/mol. The van der Waals surface area contributed by atoms with Gasteiger partial charge in [0, 0.05) is 19.3 Å². The molecule has 2 unspecified atom stereocenters. The van der Waals surface area contributed by atoms with E-state index >= 15 is 0 Å². The van der Waals surface area contributed by atoms with Gasteiger partial charge in [0.15, 0.2) is 6.10 Å². The van der Waals surface area contributed by atoms with E-state index in [4.69, 9.17) is 14.2 Å². The van der Waals surface area contributed by atoms with Crippen LogP contribution >= 0.6 is 0 Å². The van der Waals surface area contributed by atoms with Gasteiger partial charge >= 0.3 is 11.9 Å². The van der Waals surface area contributed by atoms with Gasteiger partial charge in [0.2, 0.25) is 0 Å². The number of likely N-dealkylation sites (N-methyl/N-ethyl adjacent to an activating group) is 1. The number of hydrogen-bond donors (Lipinski definition) is 0. The predicted octanol–water partition coefficient (Wildman–Crippen LogP) is 7.57. The molecule has 0 spiro atoms. The standard InChI is InChI=1S/C39H67NO7/c1-6-8-10-12-14-16-18-19-20-22-24-26-28-30-38(42)47-35(33-45-32-31-36(39(43)44)40(3,4)5)34-46-37(41)29-27-25-23-21-17-15-13-11-9-7-2/h8,10,12,14,16,18-20,35-36H,6-7,9,11,13,15,17,21-34H2,1-5H3/b10-8+,14-12+,18-16+,20-19+. The lowest BCUT2D eigenvalue weighted by atomic mass is 10.1. The Morgan fingerprint density at radius 2 is 1.19 bits per heavy atom. The van der Waals surface area contributed by atoms with Crippen molar-refractivity contribution < 1.29 is 38.2 Å². The van der Waals surface area contributed by atoms with Crippen molar-refractivity contribution in [1.29, 1.82) is 0 Å². The molecule has 0 bridgehead atoms. The van der Waals surface area contributed by atoms with E-state index in [-0.39, 0.29) is 49.1 Å². The first kappa shape index (κ1) is 44.3. The molecule has 0 amide bonds. The highest BCUT2D eigenvalue weighted by Gasteiger charge is 2.25. The van der Waals surface area contributed by atoms with E-state index < -0.39 is 18.1 Å². The Kier molecular flexibility index (Phi) is 28.8. The average molecular weight is 662 g/mol. The maximum Gasteiger partial charge on any atom is 0.306 e. The third kappa shape index (κ3) is 29.2. The van der Waals surface area contributed by atoms with Crippen molar-refractivity contribution in [3.8, 4) is 0 Å². The maximum absolute atomic E-state index is 12.6. The number of rotatable bonds is 31. The Morgan fingerprint density at radius 3 is 1.77 bits per heavy atom. The van der Waals surface area contributed by atoms with Crippen molar-refractivity contribution >= 4 is 17.9 Å². The fourth-order valence-corrected chi connectivity index (χ4v) is 4.96. The SMILES string of the molecule is CC/C=C/C=C/C=C/C=C/CCCCCC(=O)OC(COCCC(C(=O)[O-])[N+](C)(C)C)COC(=O)CCCCCCCCCCCC. The number of esters is 2. The molecule has 0 radical (unpaired) electrons. The highest BCUT2D eigenvalue weighted by molar-refractivity contribution is 5.70. The molecule has 47 heavy (non-hydrogen) atoms. The summed E-state index contributed by atoms with van der Waals surface area (Å²) in [4.78, 5) is 36.5. The van der Waals surface area contributed by atoms with E-state index in [1.54, 1.807) is 21.1 Å². The summed E-state index contributed by atoms with van der Waals surface area (Å²) in [7, 11) is 5.37. The smallest absolute Gasteiger partial charge is 0.306 e. The van der Waals surface area contributed by atoms with Gasteiger partial charge in [-0.2, -0.15) is 0 Å². The Balaban J connectivity index is 4.54. The summed E-state index contributed by atoms with van der Waals surface area (Å²) in [5, 5.41) is 11.6. The molecule has 0 saturated heterocycles. The Labute approximate surface area is 286 Å². The van der Waals surface area contributed by atoms with E-state index in [1.165, 1.54) is 44.9 Å². The number of hydrogen-bond acceptors (Lipinski definition) is 7. The molecule has 0 rings (SSSR count). The Hall–Kier alpha value is -2.71. The molecule has 0 aliphatic heterocycles. The minimum absolute atomic E-state index is 0.0244. The van der Waals surface area contributed by atoms with Crippen LogP contribution in [0.3, 0.4) is 0 Å². The second-order valence-electron chi connectivity index (χ2n) is 13.2. The van der Waals surface area contributed by atoms with Crippen molar-refractivity contribution in [3.63, 3.8) is 0 Å². The van der Waals surface area contributed by atoms with Gasteiger partial charge in [0.1, 0.15) is 12.6 Å². The lowest BCUT2D eigenvalue weighted by Crippen LogP contribution is -2.55. The molecule has 0 aliphatic rings. The van der Waals surface area contributed by atoms with Gasteiger partial charge < -0.3 is 28.6 Å². The molecule has 0 aromatic carbocycles. The molecule has 0 heterocycles. The van der Waals surface area contributed by atoms with E-state index in [0.717, 1.165) is 44.9 Å². The largest absolute Gasteiger partial charge is 0.544 e. The summed E-state index contributed by atoms with van der Waals surface area (Å²) in [6.45, 7) is 4.43. The molecule has 0 aromatic heterocycles. The van der Waals surface area contributed by atoms with Crippen LogP contribution in [0.1, 0.15) is 129 Å². The van der Waals surface area contributed by atoms with Crippen LogP contribution in [0.4, 0.5) is 0 Å². The lowest BCUT2D eigenvalue weighted by molar-refractivity contribution is -0.889. The number of unbranched alkanes of at least 4 members (excludes halogenated alkanes) is 12. The Bertz CT molecular complexity index is 917. The molecule has 0 fully saturated rings. The molecule has 8 nitrogen and oxygen atoms in total. The fraction of sp³-hybridized carbons (Fsp3) is 0.718. The van der Waals surface area contributed by atoms with Gasteiger partial charge in [-0.25, -0.2) is 0 Å². The second kappa shape index (κ2) is 30.6. The first-order chi connectivity index (χ1) is 22.6. The fourth-order valence-electron chi connectivity index (χ4n) is 4.96. The summed E-state index contributed by atoms with van der Waals surface area (Å²) in [6.07, 6.45) is 32.8. The number of quaternary nitrogens is 1. The molecule has 0 aromatic rings. The van der Waals surface area contributed by atoms with E-state index in [0.29, 0.717) is 12.8 Å². The van der Waals surface area contributed by atoms with Gasteiger partial charge in [-0.3, -0.25) is 9.59 Å². The van der Waals surface area contributed by atoms with Crippen molar-refractivity contribution in [1.82, 2.24) is 0 Å². The molecular weight excluding hydrogens is 594 g/mol. The zero-order chi connectivity index (χ0) is 35.0. The number of carbonyl (C=O) groups excluding carboxylic acids is 3. The number of ether oxygens (including phenoxy) is 3. The van der Waals surface area contributed by atoms with Gasteiger partial charge in [-0.1, -0.05) is 127 Å². The maximum atomic E-state index is 12.6. The summed E-state index contributed by atoms with van der Waals surface area (Å²) in [5.74, 6) is -1.80. The zero-order valence-electron chi connectivity index (χ0n) is 30.4. The van der Waals surface area contributed by atoms with Crippen LogP contribution in [0.15, 0.2) is 48.6 Å². The van der Waals surface area contributed by atoms with Crippen molar-refractivity contribution in [3.05, 3.63) is 48.6 Å². The van der Waals surface area contributed by atoms with Crippen molar-refractivity contribution in [2.75, 3.05) is 41.0 Å². The number of carboxylic acid groups (broad SMARTS) is 1. The highest BCUT2D eigenvalue weighted by Crippen LogP contribution is 2.13. The minimum atomic E-state index is -1.13. The molecule has 0 saturated carbocycles. The summed E-state index contributed by atoms with van der Waals surface area (Å²) >= 11 is 0.